The van der Waals surface area contributed by atoms with E-state index in [1.54, 1.807) is 13.1 Å². The zero-order chi connectivity index (χ0) is 16.3. The first-order valence-corrected chi connectivity index (χ1v) is 7.74. The number of ether oxygens (including phenoxy) is 1. The Balaban J connectivity index is 2.14. The molecule has 22 heavy (non-hydrogen) atoms. The highest BCUT2D eigenvalue weighted by atomic mass is 32.1. The number of benzene rings is 1. The van der Waals surface area contributed by atoms with Gasteiger partial charge in [0.15, 0.2) is 6.29 Å². The molecule has 0 N–H and O–H groups in total. The molecular formula is C17H19NO3S. The van der Waals surface area contributed by atoms with Crippen LogP contribution >= 0.6 is 11.3 Å². The molecule has 0 atom stereocenters. The highest BCUT2D eigenvalue weighted by molar-refractivity contribution is 7.17. The average molecular weight is 317 g/mol. The maximum atomic E-state index is 12.0. The summed E-state index contributed by atoms with van der Waals surface area (Å²) in [6, 6.07) is 11.3. The third-order valence-electron chi connectivity index (χ3n) is 2.95. The van der Waals surface area contributed by atoms with Crippen LogP contribution in [0.2, 0.25) is 0 Å². The van der Waals surface area contributed by atoms with Gasteiger partial charge in [-0.1, -0.05) is 12.1 Å². The van der Waals surface area contributed by atoms with E-state index in [-0.39, 0.29) is 6.09 Å². The van der Waals surface area contributed by atoms with Crippen molar-refractivity contribution in [3.63, 3.8) is 0 Å². The summed E-state index contributed by atoms with van der Waals surface area (Å²) in [7, 11) is 1.68. The minimum absolute atomic E-state index is 0.389. The molecule has 1 aromatic heterocycles. The van der Waals surface area contributed by atoms with Crippen molar-refractivity contribution in [1.82, 2.24) is 0 Å². The number of hydrogen-bond acceptors (Lipinski definition) is 4. The molecule has 0 unspecified atom stereocenters. The Kier molecular flexibility index (Phi) is 4.66. The van der Waals surface area contributed by atoms with Gasteiger partial charge in [-0.2, -0.15) is 0 Å². The minimum atomic E-state index is -0.520. The number of nitrogens with zero attached hydrogens (tertiary/aromatic N) is 1. The van der Waals surface area contributed by atoms with Crippen molar-refractivity contribution in [2.45, 2.75) is 26.4 Å². The lowest BCUT2D eigenvalue weighted by molar-refractivity contribution is 0.0589. The van der Waals surface area contributed by atoms with Crippen LogP contribution in [0.15, 0.2) is 36.4 Å². The second-order valence-corrected chi connectivity index (χ2v) is 7.02. The molecule has 2 aromatic rings. The number of carbonyl (C=O) groups excluding carboxylic acids is 2. The summed E-state index contributed by atoms with van der Waals surface area (Å²) >= 11 is 1.44. The van der Waals surface area contributed by atoms with Gasteiger partial charge in [-0.3, -0.25) is 9.69 Å². The van der Waals surface area contributed by atoms with Crippen LogP contribution in [0.3, 0.4) is 0 Å². The minimum Gasteiger partial charge on any atom is -0.443 e. The Hall–Kier alpha value is -2.14. The molecule has 2 rings (SSSR count). The first kappa shape index (κ1) is 16.2. The molecule has 0 radical (unpaired) electrons. The summed E-state index contributed by atoms with van der Waals surface area (Å²) < 4.78 is 5.34. The molecule has 0 spiro atoms. The van der Waals surface area contributed by atoms with Crippen molar-refractivity contribution in [2.75, 3.05) is 11.9 Å². The van der Waals surface area contributed by atoms with Gasteiger partial charge in [-0.25, -0.2) is 4.79 Å². The first-order chi connectivity index (χ1) is 10.3. The molecule has 0 fully saturated rings. The molecule has 1 heterocycles. The predicted molar refractivity (Wildman–Crippen MR) is 89.8 cm³/mol. The van der Waals surface area contributed by atoms with Gasteiger partial charge in [-0.05, 0) is 50.6 Å². The van der Waals surface area contributed by atoms with Crippen LogP contribution in [0.25, 0.3) is 10.4 Å². The van der Waals surface area contributed by atoms with Crippen LogP contribution < -0.4 is 4.90 Å². The van der Waals surface area contributed by atoms with Crippen LogP contribution in [-0.4, -0.2) is 25.0 Å². The Morgan fingerprint density at radius 2 is 1.77 bits per heavy atom. The molecule has 0 saturated carbocycles. The summed E-state index contributed by atoms with van der Waals surface area (Å²) in [4.78, 5) is 26.0. The monoisotopic (exact) mass is 317 g/mol. The quantitative estimate of drug-likeness (QED) is 0.777. The van der Waals surface area contributed by atoms with Crippen molar-refractivity contribution in [3.05, 3.63) is 41.3 Å². The zero-order valence-corrected chi connectivity index (χ0v) is 13.9. The average Bonchev–Trinajstić information content (AvgIpc) is 2.94. The molecule has 116 valence electrons. The largest absolute Gasteiger partial charge is 0.443 e. The van der Waals surface area contributed by atoms with Gasteiger partial charge in [-0.15, -0.1) is 11.3 Å². The summed E-state index contributed by atoms with van der Waals surface area (Å²) in [6.07, 6.45) is 0.457. The molecule has 5 heteroatoms. The number of amides is 1. The van der Waals surface area contributed by atoms with E-state index < -0.39 is 5.60 Å². The molecule has 0 aliphatic rings. The molecule has 4 nitrogen and oxygen atoms in total. The SMILES string of the molecule is CN(C(=O)OC(C)(C)C)c1ccc(-c2ccc(C=O)s2)cc1. The number of thiophene rings is 1. The van der Waals surface area contributed by atoms with Crippen LogP contribution in [0.1, 0.15) is 30.4 Å². The number of carbonyl (C=O) groups is 2. The zero-order valence-electron chi connectivity index (χ0n) is 13.1. The summed E-state index contributed by atoms with van der Waals surface area (Å²) in [5.74, 6) is 0. The lowest BCUT2D eigenvalue weighted by Gasteiger charge is -2.24. The Bertz CT molecular complexity index is 668. The van der Waals surface area contributed by atoms with E-state index in [2.05, 4.69) is 0 Å². The molecule has 0 saturated heterocycles. The van der Waals surface area contributed by atoms with Gasteiger partial charge in [0.2, 0.25) is 0 Å². The normalized spacial score (nSPS) is 11.1. The van der Waals surface area contributed by atoms with Crippen molar-refractivity contribution in [1.29, 1.82) is 0 Å². The van der Waals surface area contributed by atoms with Crippen LogP contribution in [0.5, 0.6) is 0 Å². The number of anilines is 1. The van der Waals surface area contributed by atoms with Crippen LogP contribution in [0, 0.1) is 0 Å². The van der Waals surface area contributed by atoms with Gasteiger partial charge in [0.05, 0.1) is 4.88 Å². The Morgan fingerprint density at radius 1 is 1.14 bits per heavy atom. The van der Waals surface area contributed by atoms with Crippen LogP contribution in [-0.2, 0) is 4.74 Å². The highest BCUT2D eigenvalue weighted by Crippen LogP contribution is 2.29. The molecule has 0 aliphatic heterocycles. The van der Waals surface area contributed by atoms with Gasteiger partial charge in [0.25, 0.3) is 0 Å². The highest BCUT2D eigenvalue weighted by Gasteiger charge is 2.20. The second kappa shape index (κ2) is 6.32. The van der Waals surface area contributed by atoms with Crippen molar-refractivity contribution < 1.29 is 14.3 Å². The van der Waals surface area contributed by atoms with Crippen molar-refractivity contribution in [3.8, 4) is 10.4 Å². The lowest BCUT2D eigenvalue weighted by atomic mass is 10.1. The van der Waals surface area contributed by atoms with Gasteiger partial charge in [0, 0.05) is 17.6 Å². The number of rotatable bonds is 3. The van der Waals surface area contributed by atoms with E-state index in [1.807, 2.05) is 51.1 Å². The summed E-state index contributed by atoms with van der Waals surface area (Å²) in [5, 5.41) is 0. The summed E-state index contributed by atoms with van der Waals surface area (Å²) in [6.45, 7) is 5.51. The third kappa shape index (κ3) is 3.95. The Morgan fingerprint density at radius 3 is 2.27 bits per heavy atom. The number of aldehydes is 1. The van der Waals surface area contributed by atoms with E-state index >= 15 is 0 Å². The fourth-order valence-electron chi connectivity index (χ4n) is 1.86. The predicted octanol–water partition coefficient (Wildman–Crippen LogP) is 4.60. The van der Waals surface area contributed by atoms with Crippen molar-refractivity contribution in [2.24, 2.45) is 0 Å². The van der Waals surface area contributed by atoms with E-state index in [9.17, 15) is 9.59 Å². The second-order valence-electron chi connectivity index (χ2n) is 5.91. The molecule has 1 aromatic carbocycles. The molecule has 0 bridgehead atoms. The molecule has 0 aliphatic carbocycles. The van der Waals surface area contributed by atoms with E-state index in [4.69, 9.17) is 4.74 Å². The maximum absolute atomic E-state index is 12.0. The summed E-state index contributed by atoms with van der Waals surface area (Å²) in [5.41, 5.74) is 1.25. The van der Waals surface area contributed by atoms with E-state index in [0.29, 0.717) is 4.88 Å². The van der Waals surface area contributed by atoms with Gasteiger partial charge >= 0.3 is 6.09 Å². The number of hydrogen-bond donors (Lipinski definition) is 0. The fraction of sp³-hybridized carbons (Fsp3) is 0.294. The lowest BCUT2D eigenvalue weighted by Crippen LogP contribution is -2.34. The topological polar surface area (TPSA) is 46.6 Å². The fourth-order valence-corrected chi connectivity index (χ4v) is 2.68. The third-order valence-corrected chi connectivity index (χ3v) is 4.01. The molecular weight excluding hydrogens is 298 g/mol. The van der Waals surface area contributed by atoms with E-state index in [1.165, 1.54) is 16.2 Å². The van der Waals surface area contributed by atoms with E-state index in [0.717, 1.165) is 22.4 Å². The smallest absolute Gasteiger partial charge is 0.414 e. The van der Waals surface area contributed by atoms with Gasteiger partial charge < -0.3 is 4.74 Å². The Labute approximate surface area is 134 Å². The van der Waals surface area contributed by atoms with Crippen LogP contribution in [0.4, 0.5) is 10.5 Å². The maximum Gasteiger partial charge on any atom is 0.414 e. The first-order valence-electron chi connectivity index (χ1n) is 6.92. The standard InChI is InChI=1S/C17H19NO3S/c1-17(2,3)21-16(20)18(4)13-7-5-12(6-8-13)15-10-9-14(11-19)22-15/h5-11H,1-4H3. The van der Waals surface area contributed by atoms with Gasteiger partial charge in [0.1, 0.15) is 5.60 Å². The van der Waals surface area contributed by atoms with Crippen molar-refractivity contribution >= 4 is 29.4 Å². The molecule has 1 amide bonds.